The van der Waals surface area contributed by atoms with E-state index in [4.69, 9.17) is 0 Å². The number of carbonyl (C=O) groups is 2. The smallest absolute Gasteiger partial charge is 0.268 e. The monoisotopic (exact) mass is 328 g/mol. The summed E-state index contributed by atoms with van der Waals surface area (Å²) >= 11 is 0. The van der Waals surface area contributed by atoms with Crippen LogP contribution >= 0.6 is 0 Å². The Hall–Kier alpha value is -2.40. The summed E-state index contributed by atoms with van der Waals surface area (Å²) in [7, 11) is 0. The van der Waals surface area contributed by atoms with Gasteiger partial charge in [-0.1, -0.05) is 37.3 Å². The molecule has 0 bridgehead atoms. The second-order valence-electron chi connectivity index (χ2n) is 6.21. The molecule has 0 saturated heterocycles. The lowest BCUT2D eigenvalue weighted by Gasteiger charge is -2.24. The molecule has 24 heavy (non-hydrogen) atoms. The number of aliphatic hydroxyl groups is 1. The predicted molar refractivity (Wildman–Crippen MR) is 93.3 cm³/mol. The van der Waals surface area contributed by atoms with Gasteiger partial charge in [-0.3, -0.25) is 9.59 Å². The van der Waals surface area contributed by atoms with Crippen molar-refractivity contribution >= 4 is 11.7 Å². The highest BCUT2D eigenvalue weighted by Crippen LogP contribution is 2.22. The fraction of sp³-hybridized carbons (Fsp3) is 0.368. The number of amides is 1. The Bertz CT molecular complexity index is 745. The van der Waals surface area contributed by atoms with Crippen molar-refractivity contribution in [1.82, 2.24) is 10.3 Å². The highest BCUT2D eigenvalue weighted by molar-refractivity contribution is 6.02. The molecule has 1 aromatic carbocycles. The molecule has 0 radical (unpaired) electrons. The summed E-state index contributed by atoms with van der Waals surface area (Å²) in [6, 6.07) is 9.19. The van der Waals surface area contributed by atoms with Gasteiger partial charge in [-0.15, -0.1) is 0 Å². The molecule has 0 spiro atoms. The molecular weight excluding hydrogens is 304 g/mol. The maximum absolute atomic E-state index is 12.5. The maximum Gasteiger partial charge on any atom is 0.268 e. The van der Waals surface area contributed by atoms with Gasteiger partial charge in [0, 0.05) is 11.3 Å². The van der Waals surface area contributed by atoms with Gasteiger partial charge in [0.15, 0.2) is 5.78 Å². The van der Waals surface area contributed by atoms with Gasteiger partial charge in [0.25, 0.3) is 5.91 Å². The molecule has 5 nitrogen and oxygen atoms in total. The van der Waals surface area contributed by atoms with Gasteiger partial charge in [0.05, 0.1) is 6.54 Å². The normalized spacial score (nSPS) is 13.4. The average Bonchev–Trinajstić information content (AvgIpc) is 2.90. The van der Waals surface area contributed by atoms with E-state index in [-0.39, 0.29) is 18.2 Å². The molecule has 3 N–H and O–H groups in total. The average molecular weight is 328 g/mol. The summed E-state index contributed by atoms with van der Waals surface area (Å²) in [5.41, 5.74) is 1.94. The molecule has 1 heterocycles. The summed E-state index contributed by atoms with van der Waals surface area (Å²) in [4.78, 5) is 27.3. The van der Waals surface area contributed by atoms with Crippen LogP contribution in [0.25, 0.3) is 0 Å². The van der Waals surface area contributed by atoms with Crippen LogP contribution < -0.4 is 5.32 Å². The number of carbonyl (C=O) groups excluding carboxylic acids is 2. The van der Waals surface area contributed by atoms with Gasteiger partial charge in [-0.2, -0.15) is 0 Å². The zero-order chi connectivity index (χ0) is 17.9. The van der Waals surface area contributed by atoms with Gasteiger partial charge < -0.3 is 15.4 Å². The van der Waals surface area contributed by atoms with Gasteiger partial charge in [-0.25, -0.2) is 0 Å². The van der Waals surface area contributed by atoms with Crippen LogP contribution in [0.3, 0.4) is 0 Å². The van der Waals surface area contributed by atoms with Crippen LogP contribution in [-0.4, -0.2) is 28.3 Å². The first-order valence-corrected chi connectivity index (χ1v) is 8.06. The van der Waals surface area contributed by atoms with Crippen LogP contribution in [0.4, 0.5) is 0 Å². The SMILES string of the molecule is CCc1c(C(=O)NCC(C)(O)c2ccccc2)[nH]c(C)c1C(C)=O. The largest absolute Gasteiger partial charge is 0.384 e. The van der Waals surface area contributed by atoms with Crippen LogP contribution in [0.1, 0.15) is 58.4 Å². The number of aromatic nitrogens is 1. The minimum absolute atomic E-state index is 0.0593. The predicted octanol–water partition coefficient (Wildman–Crippen LogP) is 2.73. The number of Topliss-reactive ketones (excluding diaryl/α,β-unsaturated/α-hetero) is 1. The zero-order valence-electron chi connectivity index (χ0n) is 14.6. The molecule has 2 aromatic rings. The Balaban J connectivity index is 2.19. The molecule has 0 aliphatic rings. The molecule has 0 fully saturated rings. The van der Waals surface area contributed by atoms with Crippen molar-refractivity contribution in [1.29, 1.82) is 0 Å². The Morgan fingerprint density at radius 1 is 1.25 bits per heavy atom. The lowest BCUT2D eigenvalue weighted by Crippen LogP contribution is -2.39. The quantitative estimate of drug-likeness (QED) is 0.713. The number of hydrogen-bond donors (Lipinski definition) is 3. The van der Waals surface area contributed by atoms with E-state index >= 15 is 0 Å². The first-order valence-electron chi connectivity index (χ1n) is 8.06. The van der Waals surface area contributed by atoms with E-state index in [1.54, 1.807) is 13.8 Å². The summed E-state index contributed by atoms with van der Waals surface area (Å²) in [6.45, 7) is 6.92. The van der Waals surface area contributed by atoms with Gasteiger partial charge in [-0.05, 0) is 38.3 Å². The van der Waals surface area contributed by atoms with E-state index in [9.17, 15) is 14.7 Å². The molecule has 0 aliphatic heterocycles. The Morgan fingerprint density at radius 2 is 1.88 bits per heavy atom. The van der Waals surface area contributed by atoms with E-state index < -0.39 is 5.60 Å². The number of aryl methyl sites for hydroxylation is 1. The maximum atomic E-state index is 12.5. The molecular formula is C19H24N2O3. The lowest BCUT2D eigenvalue weighted by molar-refractivity contribution is 0.0525. The Morgan fingerprint density at radius 3 is 2.42 bits per heavy atom. The zero-order valence-corrected chi connectivity index (χ0v) is 14.6. The fourth-order valence-corrected chi connectivity index (χ4v) is 2.94. The van der Waals surface area contributed by atoms with Crippen molar-refractivity contribution in [3.05, 3.63) is 58.4 Å². The van der Waals surface area contributed by atoms with Crippen molar-refractivity contribution < 1.29 is 14.7 Å². The highest BCUT2D eigenvalue weighted by Gasteiger charge is 2.26. The lowest BCUT2D eigenvalue weighted by atomic mass is 9.96. The van der Waals surface area contributed by atoms with E-state index in [0.29, 0.717) is 23.4 Å². The molecule has 1 atom stereocenters. The van der Waals surface area contributed by atoms with Crippen molar-refractivity contribution in [3.8, 4) is 0 Å². The van der Waals surface area contributed by atoms with E-state index in [1.165, 1.54) is 6.92 Å². The molecule has 0 aliphatic carbocycles. The minimum Gasteiger partial charge on any atom is -0.384 e. The van der Waals surface area contributed by atoms with Gasteiger partial charge in [0.2, 0.25) is 0 Å². The number of benzene rings is 1. The van der Waals surface area contributed by atoms with E-state index in [1.807, 2.05) is 37.3 Å². The van der Waals surface area contributed by atoms with E-state index in [2.05, 4.69) is 10.3 Å². The van der Waals surface area contributed by atoms with Crippen molar-refractivity contribution in [3.63, 3.8) is 0 Å². The van der Waals surface area contributed by atoms with Crippen molar-refractivity contribution in [2.24, 2.45) is 0 Å². The third kappa shape index (κ3) is 3.57. The minimum atomic E-state index is -1.17. The van der Waals surface area contributed by atoms with Crippen molar-refractivity contribution in [2.45, 2.75) is 39.7 Å². The van der Waals surface area contributed by atoms with Gasteiger partial charge in [0.1, 0.15) is 11.3 Å². The van der Waals surface area contributed by atoms with E-state index in [0.717, 1.165) is 11.1 Å². The second-order valence-corrected chi connectivity index (χ2v) is 6.21. The molecule has 0 saturated carbocycles. The summed E-state index contributed by atoms with van der Waals surface area (Å²) in [5, 5.41) is 13.3. The van der Waals surface area contributed by atoms with Crippen LogP contribution in [0.5, 0.6) is 0 Å². The standard InChI is InChI=1S/C19H24N2O3/c1-5-15-16(13(3)22)12(2)21-17(15)18(23)20-11-19(4,24)14-9-7-6-8-10-14/h6-10,21,24H,5,11H2,1-4H3,(H,20,23). The third-order valence-corrected chi connectivity index (χ3v) is 4.21. The van der Waals surface area contributed by atoms with Crippen LogP contribution in [0.2, 0.25) is 0 Å². The summed E-state index contributed by atoms with van der Waals surface area (Å²) in [5.74, 6) is -0.380. The van der Waals surface area contributed by atoms with Crippen molar-refractivity contribution in [2.75, 3.05) is 6.54 Å². The number of aromatic amines is 1. The highest BCUT2D eigenvalue weighted by atomic mass is 16.3. The number of nitrogens with one attached hydrogen (secondary N) is 2. The molecule has 1 unspecified atom stereocenters. The van der Waals surface area contributed by atoms with Crippen LogP contribution in [-0.2, 0) is 12.0 Å². The molecule has 2 rings (SSSR count). The first kappa shape index (κ1) is 17.9. The third-order valence-electron chi connectivity index (χ3n) is 4.21. The molecule has 128 valence electrons. The number of H-pyrrole nitrogens is 1. The summed E-state index contributed by atoms with van der Waals surface area (Å²) in [6.07, 6.45) is 0.580. The molecule has 1 amide bonds. The molecule has 1 aromatic heterocycles. The number of ketones is 1. The van der Waals surface area contributed by atoms with Crippen LogP contribution in [0.15, 0.2) is 30.3 Å². The number of hydrogen-bond acceptors (Lipinski definition) is 3. The number of rotatable bonds is 6. The molecule has 5 heteroatoms. The Kier molecular flexibility index (Phi) is 5.24. The second kappa shape index (κ2) is 7.01. The Labute approximate surface area is 142 Å². The summed E-state index contributed by atoms with van der Waals surface area (Å²) < 4.78 is 0. The first-order chi connectivity index (χ1) is 11.3. The van der Waals surface area contributed by atoms with Crippen LogP contribution in [0, 0.1) is 6.92 Å². The van der Waals surface area contributed by atoms with Gasteiger partial charge >= 0.3 is 0 Å². The fourth-order valence-electron chi connectivity index (χ4n) is 2.94. The topological polar surface area (TPSA) is 82.2 Å².